The summed E-state index contributed by atoms with van der Waals surface area (Å²) in [4.78, 5) is 33.9. The fraction of sp³-hybridized carbons (Fsp3) is 0.250. The SMILES string of the molecule is O=C(O)NCC(=O)N1CCN(c2ccc(-c3c[nH]c4cc(F)ccc34)cn2)CC1. The number of hydrogen-bond donors (Lipinski definition) is 3. The molecule has 3 aromatic rings. The van der Waals surface area contributed by atoms with Crippen LogP contribution in [0.3, 0.4) is 0 Å². The molecule has 2 aromatic heterocycles. The molecule has 0 aliphatic carbocycles. The summed E-state index contributed by atoms with van der Waals surface area (Å²) in [5.41, 5.74) is 2.63. The van der Waals surface area contributed by atoms with Gasteiger partial charge in [-0.05, 0) is 30.3 Å². The molecule has 1 saturated heterocycles. The number of amides is 2. The largest absolute Gasteiger partial charge is 0.465 e. The van der Waals surface area contributed by atoms with Crippen LogP contribution in [0.25, 0.3) is 22.0 Å². The van der Waals surface area contributed by atoms with Crippen molar-refractivity contribution in [1.82, 2.24) is 20.2 Å². The van der Waals surface area contributed by atoms with E-state index in [2.05, 4.69) is 20.2 Å². The number of anilines is 1. The third-order valence-electron chi connectivity index (χ3n) is 5.05. The van der Waals surface area contributed by atoms with Gasteiger partial charge in [0.15, 0.2) is 0 Å². The van der Waals surface area contributed by atoms with Crippen molar-refractivity contribution in [3.63, 3.8) is 0 Å². The van der Waals surface area contributed by atoms with E-state index in [1.807, 2.05) is 18.3 Å². The van der Waals surface area contributed by atoms with Gasteiger partial charge in [-0.3, -0.25) is 4.79 Å². The first-order chi connectivity index (χ1) is 14.0. The molecular weight excluding hydrogens is 377 g/mol. The van der Waals surface area contributed by atoms with Crippen LogP contribution in [0, 0.1) is 5.82 Å². The summed E-state index contributed by atoms with van der Waals surface area (Å²) >= 11 is 0. The Balaban J connectivity index is 1.41. The van der Waals surface area contributed by atoms with Crippen molar-refractivity contribution in [1.29, 1.82) is 0 Å². The molecule has 0 spiro atoms. The van der Waals surface area contributed by atoms with Crippen LogP contribution in [-0.4, -0.2) is 64.7 Å². The molecular formula is C20H20FN5O3. The van der Waals surface area contributed by atoms with E-state index in [0.717, 1.165) is 27.8 Å². The number of H-pyrrole nitrogens is 1. The lowest BCUT2D eigenvalue weighted by atomic mass is 10.1. The Morgan fingerprint density at radius 3 is 2.66 bits per heavy atom. The lowest BCUT2D eigenvalue weighted by Gasteiger charge is -2.35. The number of carboxylic acid groups (broad SMARTS) is 1. The predicted octanol–water partition coefficient (Wildman–Crippen LogP) is 2.29. The average Bonchev–Trinajstić information content (AvgIpc) is 3.15. The van der Waals surface area contributed by atoms with Gasteiger partial charge < -0.3 is 25.2 Å². The Labute approximate surface area is 166 Å². The summed E-state index contributed by atoms with van der Waals surface area (Å²) < 4.78 is 13.4. The molecule has 1 aliphatic heterocycles. The molecule has 3 heterocycles. The van der Waals surface area contributed by atoms with Gasteiger partial charge in [-0.2, -0.15) is 0 Å². The highest BCUT2D eigenvalue weighted by molar-refractivity contribution is 5.95. The van der Waals surface area contributed by atoms with Gasteiger partial charge in [0.2, 0.25) is 5.91 Å². The molecule has 0 saturated carbocycles. The number of hydrogen-bond acceptors (Lipinski definition) is 4. The standard InChI is InChI=1S/C20H20FN5O3/c21-14-2-3-15-16(11-22-17(15)9-14)13-1-4-18(23-10-13)25-5-7-26(8-6-25)19(27)12-24-20(28)29/h1-4,9-11,22,24H,5-8,12H2,(H,28,29). The summed E-state index contributed by atoms with van der Waals surface area (Å²) in [5, 5.41) is 11.6. The number of carbonyl (C=O) groups excluding carboxylic acids is 1. The van der Waals surface area contributed by atoms with Crippen LogP contribution in [0.1, 0.15) is 0 Å². The normalized spacial score (nSPS) is 14.2. The summed E-state index contributed by atoms with van der Waals surface area (Å²) in [6.07, 6.45) is 2.42. The molecule has 0 bridgehead atoms. The monoisotopic (exact) mass is 397 g/mol. The Bertz CT molecular complexity index is 1040. The zero-order valence-corrected chi connectivity index (χ0v) is 15.6. The van der Waals surface area contributed by atoms with Crippen molar-refractivity contribution in [3.8, 4) is 11.1 Å². The van der Waals surface area contributed by atoms with Gasteiger partial charge in [0.05, 0.1) is 0 Å². The van der Waals surface area contributed by atoms with Crippen LogP contribution in [0.5, 0.6) is 0 Å². The van der Waals surface area contributed by atoms with E-state index in [1.54, 1.807) is 17.2 Å². The molecule has 8 nitrogen and oxygen atoms in total. The highest BCUT2D eigenvalue weighted by Gasteiger charge is 2.22. The molecule has 0 atom stereocenters. The molecule has 1 aliphatic rings. The first kappa shape index (κ1) is 18.7. The number of carbonyl (C=O) groups is 2. The molecule has 150 valence electrons. The van der Waals surface area contributed by atoms with E-state index in [0.29, 0.717) is 26.2 Å². The third-order valence-corrected chi connectivity index (χ3v) is 5.05. The Morgan fingerprint density at radius 2 is 1.97 bits per heavy atom. The van der Waals surface area contributed by atoms with Gasteiger partial charge in [-0.15, -0.1) is 0 Å². The average molecular weight is 397 g/mol. The number of nitrogens with zero attached hydrogens (tertiary/aromatic N) is 3. The summed E-state index contributed by atoms with van der Waals surface area (Å²) in [6.45, 7) is 2.06. The van der Waals surface area contributed by atoms with Gasteiger partial charge in [0.25, 0.3) is 0 Å². The first-order valence-corrected chi connectivity index (χ1v) is 9.24. The second-order valence-corrected chi connectivity index (χ2v) is 6.82. The third kappa shape index (κ3) is 3.98. The Hall–Kier alpha value is -3.62. The minimum absolute atomic E-state index is 0.212. The van der Waals surface area contributed by atoms with Gasteiger partial charge >= 0.3 is 6.09 Å². The fourth-order valence-electron chi connectivity index (χ4n) is 3.52. The predicted molar refractivity (Wildman–Crippen MR) is 106 cm³/mol. The van der Waals surface area contributed by atoms with Crippen molar-refractivity contribution >= 4 is 28.7 Å². The molecule has 2 amide bonds. The molecule has 1 fully saturated rings. The lowest BCUT2D eigenvalue weighted by molar-refractivity contribution is -0.130. The van der Waals surface area contributed by atoms with Crippen molar-refractivity contribution in [2.45, 2.75) is 0 Å². The molecule has 0 unspecified atom stereocenters. The van der Waals surface area contributed by atoms with Crippen LogP contribution in [0.15, 0.2) is 42.7 Å². The number of pyridine rings is 1. The number of aromatic nitrogens is 2. The summed E-state index contributed by atoms with van der Waals surface area (Å²) in [6, 6.07) is 8.56. The second-order valence-electron chi connectivity index (χ2n) is 6.82. The topological polar surface area (TPSA) is 102 Å². The van der Waals surface area contributed by atoms with Crippen molar-refractivity contribution in [2.75, 3.05) is 37.6 Å². The quantitative estimate of drug-likeness (QED) is 0.627. The number of halogens is 1. The van der Waals surface area contributed by atoms with Crippen molar-refractivity contribution < 1.29 is 19.1 Å². The van der Waals surface area contributed by atoms with E-state index in [4.69, 9.17) is 5.11 Å². The minimum atomic E-state index is -1.21. The zero-order chi connectivity index (χ0) is 20.4. The molecule has 3 N–H and O–H groups in total. The lowest BCUT2D eigenvalue weighted by Crippen LogP contribution is -2.51. The maximum Gasteiger partial charge on any atom is 0.405 e. The van der Waals surface area contributed by atoms with E-state index < -0.39 is 6.09 Å². The van der Waals surface area contributed by atoms with Crippen LogP contribution in [0.2, 0.25) is 0 Å². The molecule has 0 radical (unpaired) electrons. The van der Waals surface area contributed by atoms with E-state index in [9.17, 15) is 14.0 Å². The number of fused-ring (bicyclic) bond motifs is 1. The van der Waals surface area contributed by atoms with Gasteiger partial charge in [-0.25, -0.2) is 14.2 Å². The number of nitrogens with one attached hydrogen (secondary N) is 2. The fourth-order valence-corrected chi connectivity index (χ4v) is 3.52. The first-order valence-electron chi connectivity index (χ1n) is 9.24. The van der Waals surface area contributed by atoms with Gasteiger partial charge in [0.1, 0.15) is 18.2 Å². The molecule has 1 aromatic carbocycles. The molecule has 4 rings (SSSR count). The van der Waals surface area contributed by atoms with Crippen molar-refractivity contribution in [3.05, 3.63) is 48.5 Å². The highest BCUT2D eigenvalue weighted by Crippen LogP contribution is 2.29. The van der Waals surface area contributed by atoms with Crippen LogP contribution in [0.4, 0.5) is 15.0 Å². The van der Waals surface area contributed by atoms with Crippen LogP contribution in [-0.2, 0) is 4.79 Å². The van der Waals surface area contributed by atoms with Crippen LogP contribution >= 0.6 is 0 Å². The highest BCUT2D eigenvalue weighted by atomic mass is 19.1. The maximum absolute atomic E-state index is 13.4. The number of piperazine rings is 1. The van der Waals surface area contributed by atoms with E-state index in [1.165, 1.54) is 12.1 Å². The number of benzene rings is 1. The van der Waals surface area contributed by atoms with Crippen LogP contribution < -0.4 is 10.2 Å². The number of rotatable bonds is 4. The van der Waals surface area contributed by atoms with Crippen molar-refractivity contribution in [2.24, 2.45) is 0 Å². The Morgan fingerprint density at radius 1 is 1.17 bits per heavy atom. The maximum atomic E-state index is 13.4. The van der Waals surface area contributed by atoms with Gasteiger partial charge in [-0.1, -0.05) is 0 Å². The van der Waals surface area contributed by atoms with E-state index in [-0.39, 0.29) is 18.3 Å². The second kappa shape index (κ2) is 7.78. The summed E-state index contributed by atoms with van der Waals surface area (Å²) in [5.74, 6) is 0.303. The zero-order valence-electron chi connectivity index (χ0n) is 15.6. The summed E-state index contributed by atoms with van der Waals surface area (Å²) in [7, 11) is 0. The van der Waals surface area contributed by atoms with Gasteiger partial charge in [0, 0.05) is 60.6 Å². The molecule has 29 heavy (non-hydrogen) atoms. The Kier molecular flexibility index (Phi) is 5.03. The van der Waals surface area contributed by atoms with E-state index >= 15 is 0 Å². The number of aromatic amines is 1. The minimum Gasteiger partial charge on any atom is -0.465 e. The molecule has 9 heteroatoms. The smallest absolute Gasteiger partial charge is 0.405 e.